The lowest BCUT2D eigenvalue weighted by Gasteiger charge is -2.30. The molecule has 2 N–H and O–H groups in total. The Kier molecular flexibility index (Phi) is 8.05. The van der Waals surface area contributed by atoms with Crippen molar-refractivity contribution in [1.29, 1.82) is 0 Å². The maximum atomic E-state index is 14.2. The molecule has 9 nitrogen and oxygen atoms in total. The monoisotopic (exact) mass is 544 g/mol. The molecule has 2 aliphatic heterocycles. The number of hydrogen-bond acceptors (Lipinski definition) is 9. The number of nitrogens with zero attached hydrogens (tertiary/aromatic N) is 6. The molecule has 39 heavy (non-hydrogen) atoms. The number of rotatable bonds is 7. The fourth-order valence-corrected chi connectivity index (χ4v) is 4.47. The topological polar surface area (TPSA) is 90.8 Å². The van der Waals surface area contributed by atoms with E-state index < -0.39 is 17.6 Å². The molecule has 0 unspecified atom stereocenters. The van der Waals surface area contributed by atoms with Gasteiger partial charge in [0.25, 0.3) is 0 Å². The minimum Gasteiger partial charge on any atom is -0.378 e. The van der Waals surface area contributed by atoms with Crippen molar-refractivity contribution in [3.63, 3.8) is 0 Å². The van der Waals surface area contributed by atoms with Gasteiger partial charge in [0.2, 0.25) is 5.95 Å². The number of piperidine rings is 1. The van der Waals surface area contributed by atoms with E-state index in [1.807, 2.05) is 4.90 Å². The van der Waals surface area contributed by atoms with Crippen LogP contribution in [0.1, 0.15) is 30.5 Å². The fourth-order valence-electron chi connectivity index (χ4n) is 4.47. The van der Waals surface area contributed by atoms with Crippen LogP contribution in [0.5, 0.6) is 0 Å². The summed E-state index contributed by atoms with van der Waals surface area (Å²) in [5, 5.41) is 7.09. The maximum absolute atomic E-state index is 14.2. The first kappa shape index (κ1) is 26.6. The van der Waals surface area contributed by atoms with Crippen molar-refractivity contribution < 1.29 is 22.3 Å². The van der Waals surface area contributed by atoms with Crippen molar-refractivity contribution in [3.8, 4) is 0 Å². The van der Waals surface area contributed by atoms with Gasteiger partial charge in [-0.05, 0) is 49.6 Å². The molecule has 0 aliphatic carbocycles. The summed E-state index contributed by atoms with van der Waals surface area (Å²) in [4.78, 5) is 16.2. The number of aromatic nitrogens is 3. The lowest BCUT2D eigenvalue weighted by atomic mass is 10.1. The molecule has 2 fully saturated rings. The van der Waals surface area contributed by atoms with Crippen molar-refractivity contribution in [2.75, 3.05) is 59.9 Å². The van der Waals surface area contributed by atoms with E-state index >= 15 is 0 Å². The third-order valence-corrected chi connectivity index (χ3v) is 6.44. The molecule has 2 saturated heterocycles. The summed E-state index contributed by atoms with van der Waals surface area (Å²) in [6.45, 7) is 3.52. The van der Waals surface area contributed by atoms with E-state index in [1.54, 1.807) is 23.1 Å². The van der Waals surface area contributed by atoms with Gasteiger partial charge < -0.3 is 19.9 Å². The van der Waals surface area contributed by atoms with Gasteiger partial charge in [-0.15, -0.1) is 0 Å². The van der Waals surface area contributed by atoms with Gasteiger partial charge in [0.1, 0.15) is 0 Å². The third kappa shape index (κ3) is 6.91. The quantitative estimate of drug-likeness (QED) is 0.243. The summed E-state index contributed by atoms with van der Waals surface area (Å²) >= 11 is 0. The number of benzene rings is 1. The Bertz CT molecular complexity index is 1290. The molecular formula is C26H28F4N8O. The highest BCUT2D eigenvalue weighted by Crippen LogP contribution is 2.36. The number of halogens is 4. The van der Waals surface area contributed by atoms with Crippen molar-refractivity contribution in [1.82, 2.24) is 15.0 Å². The van der Waals surface area contributed by atoms with E-state index in [9.17, 15) is 17.6 Å². The molecule has 0 atom stereocenters. The van der Waals surface area contributed by atoms with Gasteiger partial charge in [0.15, 0.2) is 11.6 Å². The van der Waals surface area contributed by atoms with Crippen LogP contribution in [0.3, 0.4) is 0 Å². The molecule has 2 aliphatic rings. The fraction of sp³-hybridized carbons (Fsp3) is 0.385. The number of nitrogens with one attached hydrogen (secondary N) is 2. The largest absolute Gasteiger partial charge is 0.416 e. The summed E-state index contributed by atoms with van der Waals surface area (Å²) in [6.07, 6.45) is 2.58. The summed E-state index contributed by atoms with van der Waals surface area (Å²) in [6, 6.07) is 7.39. The Labute approximate surface area is 222 Å². The van der Waals surface area contributed by atoms with E-state index in [1.165, 1.54) is 18.5 Å². The van der Waals surface area contributed by atoms with Crippen molar-refractivity contribution >= 4 is 35.0 Å². The Hall–Kier alpha value is -4.00. The van der Waals surface area contributed by atoms with Gasteiger partial charge >= 0.3 is 6.18 Å². The van der Waals surface area contributed by atoms with Crippen LogP contribution < -0.4 is 20.5 Å². The number of morpholine rings is 1. The number of alkyl halides is 3. The zero-order valence-electron chi connectivity index (χ0n) is 21.1. The van der Waals surface area contributed by atoms with Gasteiger partial charge in [-0.25, -0.2) is 14.8 Å². The molecule has 3 aromatic rings. The minimum atomic E-state index is -4.45. The normalized spacial score (nSPS) is 16.5. The van der Waals surface area contributed by atoms with E-state index in [2.05, 4.69) is 30.8 Å². The molecule has 13 heteroatoms. The average molecular weight is 545 g/mol. The van der Waals surface area contributed by atoms with E-state index in [-0.39, 0.29) is 11.8 Å². The van der Waals surface area contributed by atoms with Crippen LogP contribution in [0.25, 0.3) is 0 Å². The van der Waals surface area contributed by atoms with Crippen LogP contribution in [-0.4, -0.2) is 60.6 Å². The van der Waals surface area contributed by atoms with Crippen LogP contribution in [0.4, 0.5) is 46.4 Å². The molecule has 0 saturated carbocycles. The summed E-state index contributed by atoms with van der Waals surface area (Å²) in [7, 11) is 0. The first-order valence-electron chi connectivity index (χ1n) is 12.7. The standard InChI is InChI=1S/C26H28F4N8O/c27-23-17-32-25(35-24(23)38-8-10-39-11-9-38)36-33-16-19-4-5-20(15-31-19)34-21-12-18(26(28,29)30)13-22(14-21)37-6-2-1-3-7-37/h4-5,12-17,34H,1-3,6-11H2,(H,32,35,36)/b33-16+. The number of hydrogen-bond donors (Lipinski definition) is 2. The molecule has 0 radical (unpaired) electrons. The Morgan fingerprint density at radius 3 is 2.41 bits per heavy atom. The van der Waals surface area contributed by atoms with Crippen LogP contribution in [-0.2, 0) is 10.9 Å². The first-order valence-corrected chi connectivity index (χ1v) is 12.7. The van der Waals surface area contributed by atoms with Gasteiger partial charge in [-0.1, -0.05) is 0 Å². The molecule has 5 rings (SSSR count). The lowest BCUT2D eigenvalue weighted by molar-refractivity contribution is -0.137. The van der Waals surface area contributed by atoms with Crippen LogP contribution in [0, 0.1) is 5.82 Å². The summed E-state index contributed by atoms with van der Waals surface area (Å²) in [5.41, 5.74) is 3.87. The zero-order chi connectivity index (χ0) is 27.2. The molecule has 0 bridgehead atoms. The van der Waals surface area contributed by atoms with Crippen LogP contribution >= 0.6 is 0 Å². The first-order chi connectivity index (χ1) is 18.8. The Morgan fingerprint density at radius 2 is 1.69 bits per heavy atom. The van der Waals surface area contributed by atoms with Gasteiger partial charge in [0, 0.05) is 37.6 Å². The van der Waals surface area contributed by atoms with Gasteiger partial charge in [-0.3, -0.25) is 4.98 Å². The zero-order valence-corrected chi connectivity index (χ0v) is 21.1. The third-order valence-electron chi connectivity index (χ3n) is 6.44. The second-order valence-corrected chi connectivity index (χ2v) is 9.25. The summed E-state index contributed by atoms with van der Waals surface area (Å²) < 4.78 is 60.2. The molecule has 2 aromatic heterocycles. The Balaban J connectivity index is 1.24. The SMILES string of the molecule is Fc1cnc(N/N=C/c2ccc(Nc3cc(N4CCCCC4)cc(C(F)(F)F)c3)cn2)nc1N1CCOCC1. The second-order valence-electron chi connectivity index (χ2n) is 9.25. The minimum absolute atomic E-state index is 0.126. The van der Waals surface area contributed by atoms with E-state index in [4.69, 9.17) is 4.74 Å². The predicted octanol–water partition coefficient (Wildman–Crippen LogP) is 5.05. The molecule has 206 valence electrons. The average Bonchev–Trinajstić information content (AvgIpc) is 2.95. The summed E-state index contributed by atoms with van der Waals surface area (Å²) in [5.74, 6) is -0.223. The number of ether oxygens (including phenoxy) is 1. The number of anilines is 5. The second kappa shape index (κ2) is 11.8. The lowest BCUT2D eigenvalue weighted by Crippen LogP contribution is -2.37. The smallest absolute Gasteiger partial charge is 0.378 e. The van der Waals surface area contributed by atoms with Gasteiger partial charge in [0.05, 0.1) is 48.8 Å². The van der Waals surface area contributed by atoms with Crippen LogP contribution in [0.15, 0.2) is 47.8 Å². The van der Waals surface area contributed by atoms with Gasteiger partial charge in [-0.2, -0.15) is 23.3 Å². The predicted molar refractivity (Wildman–Crippen MR) is 141 cm³/mol. The Morgan fingerprint density at radius 1 is 0.897 bits per heavy atom. The molecular weight excluding hydrogens is 516 g/mol. The number of hydrazone groups is 1. The van der Waals surface area contributed by atoms with Crippen molar-refractivity contribution in [2.24, 2.45) is 5.10 Å². The highest BCUT2D eigenvalue weighted by Gasteiger charge is 2.32. The van der Waals surface area contributed by atoms with Crippen LogP contribution in [0.2, 0.25) is 0 Å². The maximum Gasteiger partial charge on any atom is 0.416 e. The van der Waals surface area contributed by atoms with E-state index in [0.29, 0.717) is 49.1 Å². The molecule has 0 amide bonds. The highest BCUT2D eigenvalue weighted by atomic mass is 19.4. The molecule has 1 aromatic carbocycles. The number of pyridine rings is 1. The molecule has 0 spiro atoms. The van der Waals surface area contributed by atoms with Crippen molar-refractivity contribution in [2.45, 2.75) is 25.4 Å². The molecule has 4 heterocycles. The van der Waals surface area contributed by atoms with E-state index in [0.717, 1.165) is 44.6 Å². The highest BCUT2D eigenvalue weighted by molar-refractivity contribution is 5.78. The van der Waals surface area contributed by atoms with Crippen molar-refractivity contribution in [3.05, 3.63) is 59.8 Å².